The summed E-state index contributed by atoms with van der Waals surface area (Å²) in [5.74, 6) is 0. The number of hydrogen-bond donors (Lipinski definition) is 0. The Balaban J connectivity index is 2.81. The molecule has 2 aromatic rings. The van der Waals surface area contributed by atoms with Gasteiger partial charge in [0, 0.05) is 22.6 Å². The van der Waals surface area contributed by atoms with Gasteiger partial charge in [-0.05, 0) is 41.1 Å². The lowest BCUT2D eigenvalue weighted by Gasteiger charge is -2.10. The van der Waals surface area contributed by atoms with Crippen molar-refractivity contribution in [2.75, 3.05) is 0 Å². The molecule has 0 aliphatic heterocycles. The number of aromatic nitrogens is 1. The van der Waals surface area contributed by atoms with Crippen LogP contribution in [0.2, 0.25) is 0 Å². The summed E-state index contributed by atoms with van der Waals surface area (Å²) in [6.45, 7) is 2.54. The molecular weight excluding hydrogens is 283 g/mol. The molecule has 0 saturated carbocycles. The highest BCUT2D eigenvalue weighted by atomic mass is 79.9. The number of nitrogens with zero attached hydrogens (tertiary/aromatic N) is 1. The van der Waals surface area contributed by atoms with Gasteiger partial charge in [0.1, 0.15) is 0 Å². The predicted molar refractivity (Wildman–Crippen MR) is 60.3 cm³/mol. The van der Waals surface area contributed by atoms with Crippen molar-refractivity contribution in [1.29, 1.82) is 0 Å². The average Bonchev–Trinajstić information content (AvgIpc) is 2.60. The van der Waals surface area contributed by atoms with Crippen molar-refractivity contribution in [1.82, 2.24) is 4.57 Å². The molecule has 0 atom stereocenters. The monoisotopic (exact) mass is 291 g/mol. The highest BCUT2D eigenvalue weighted by Gasteiger charge is 2.33. The topological polar surface area (TPSA) is 4.93 Å². The highest BCUT2D eigenvalue weighted by molar-refractivity contribution is 9.10. The van der Waals surface area contributed by atoms with Crippen LogP contribution in [0.4, 0.5) is 13.2 Å². The minimum Gasteiger partial charge on any atom is -0.347 e. The van der Waals surface area contributed by atoms with E-state index in [9.17, 15) is 13.2 Å². The Labute approximate surface area is 99.0 Å². The molecule has 0 N–H and O–H groups in total. The number of aryl methyl sites for hydroxylation is 1. The average molecular weight is 292 g/mol. The van der Waals surface area contributed by atoms with Crippen LogP contribution in [0.25, 0.3) is 10.9 Å². The van der Waals surface area contributed by atoms with E-state index in [4.69, 9.17) is 0 Å². The van der Waals surface area contributed by atoms with Crippen molar-refractivity contribution in [3.8, 4) is 0 Å². The van der Waals surface area contributed by atoms with Gasteiger partial charge in [-0.15, -0.1) is 0 Å². The Bertz CT molecular complexity index is 528. The zero-order valence-corrected chi connectivity index (χ0v) is 10.1. The molecule has 1 aromatic heterocycles. The van der Waals surface area contributed by atoms with Crippen molar-refractivity contribution < 1.29 is 13.2 Å². The van der Waals surface area contributed by atoms with Gasteiger partial charge < -0.3 is 4.57 Å². The number of rotatable bonds is 1. The van der Waals surface area contributed by atoms with Crippen molar-refractivity contribution in [2.45, 2.75) is 19.6 Å². The first-order valence-corrected chi connectivity index (χ1v) is 5.59. The standard InChI is InChI=1S/C11H9BrF3N/c1-2-16-6-5-7-8(11(13,14)15)3-4-9(12)10(7)16/h3-6H,2H2,1H3. The molecule has 16 heavy (non-hydrogen) atoms. The Hall–Kier alpha value is -0.970. The molecule has 0 aliphatic rings. The van der Waals surface area contributed by atoms with E-state index >= 15 is 0 Å². The molecule has 0 spiro atoms. The molecular formula is C11H9BrF3N. The lowest BCUT2D eigenvalue weighted by atomic mass is 10.1. The summed E-state index contributed by atoms with van der Waals surface area (Å²) in [5.41, 5.74) is 0.00947. The van der Waals surface area contributed by atoms with Crippen molar-refractivity contribution in [3.05, 3.63) is 34.4 Å². The zero-order valence-electron chi connectivity index (χ0n) is 8.48. The summed E-state index contributed by atoms with van der Waals surface area (Å²) in [6.07, 6.45) is -2.64. The van der Waals surface area contributed by atoms with Gasteiger partial charge in [0.2, 0.25) is 0 Å². The van der Waals surface area contributed by atoms with E-state index in [0.29, 0.717) is 16.5 Å². The zero-order chi connectivity index (χ0) is 11.9. The second-order valence-electron chi connectivity index (χ2n) is 3.46. The highest BCUT2D eigenvalue weighted by Crippen LogP contribution is 2.37. The van der Waals surface area contributed by atoms with Crippen LogP contribution in [0, 0.1) is 0 Å². The number of halogens is 4. The molecule has 2 rings (SSSR count). The Morgan fingerprint density at radius 2 is 1.94 bits per heavy atom. The summed E-state index contributed by atoms with van der Waals surface area (Å²) in [7, 11) is 0. The van der Waals surface area contributed by atoms with Gasteiger partial charge in [-0.25, -0.2) is 0 Å². The molecule has 0 fully saturated rings. The van der Waals surface area contributed by atoms with Crippen LogP contribution in [0.1, 0.15) is 12.5 Å². The van der Waals surface area contributed by atoms with Crippen LogP contribution in [0.3, 0.4) is 0 Å². The van der Waals surface area contributed by atoms with Crippen LogP contribution in [0.5, 0.6) is 0 Å². The lowest BCUT2D eigenvalue weighted by molar-refractivity contribution is -0.136. The molecule has 0 radical (unpaired) electrons. The first-order chi connectivity index (χ1) is 7.45. The van der Waals surface area contributed by atoms with E-state index in [0.717, 1.165) is 6.07 Å². The number of hydrogen-bond acceptors (Lipinski definition) is 0. The summed E-state index contributed by atoms with van der Waals surface area (Å²) in [6, 6.07) is 4.05. The molecule has 86 valence electrons. The fourth-order valence-corrected chi connectivity index (χ4v) is 2.37. The third-order valence-corrected chi connectivity index (χ3v) is 3.16. The molecule has 0 unspecified atom stereocenters. The number of fused-ring (bicyclic) bond motifs is 1. The second-order valence-corrected chi connectivity index (χ2v) is 4.31. The van der Waals surface area contributed by atoms with Gasteiger partial charge in [0.25, 0.3) is 0 Å². The van der Waals surface area contributed by atoms with Gasteiger partial charge in [-0.3, -0.25) is 0 Å². The Morgan fingerprint density at radius 3 is 2.50 bits per heavy atom. The summed E-state index contributed by atoms with van der Waals surface area (Å²) < 4.78 is 40.7. The maximum absolute atomic E-state index is 12.7. The van der Waals surface area contributed by atoms with Crippen LogP contribution < -0.4 is 0 Å². The number of benzene rings is 1. The first kappa shape index (κ1) is 11.5. The van der Waals surface area contributed by atoms with Gasteiger partial charge in [0.15, 0.2) is 0 Å². The first-order valence-electron chi connectivity index (χ1n) is 4.79. The minimum absolute atomic E-state index is 0.240. The van der Waals surface area contributed by atoms with E-state index < -0.39 is 11.7 Å². The van der Waals surface area contributed by atoms with Gasteiger partial charge in [-0.1, -0.05) is 0 Å². The van der Waals surface area contributed by atoms with Gasteiger partial charge in [0.05, 0.1) is 11.1 Å². The second kappa shape index (κ2) is 3.80. The lowest BCUT2D eigenvalue weighted by Crippen LogP contribution is -2.05. The molecule has 1 aromatic carbocycles. The Morgan fingerprint density at radius 1 is 1.25 bits per heavy atom. The maximum atomic E-state index is 12.7. The van der Waals surface area contributed by atoms with E-state index in [-0.39, 0.29) is 5.39 Å². The Kier molecular flexibility index (Phi) is 2.74. The van der Waals surface area contributed by atoms with Crippen LogP contribution in [-0.4, -0.2) is 4.57 Å². The van der Waals surface area contributed by atoms with E-state index in [2.05, 4.69) is 15.9 Å². The van der Waals surface area contributed by atoms with Gasteiger partial charge >= 0.3 is 6.18 Å². The van der Waals surface area contributed by atoms with E-state index in [1.54, 1.807) is 10.8 Å². The van der Waals surface area contributed by atoms with Crippen molar-refractivity contribution >= 4 is 26.8 Å². The molecule has 0 amide bonds. The molecule has 5 heteroatoms. The van der Waals surface area contributed by atoms with Crippen LogP contribution in [-0.2, 0) is 12.7 Å². The largest absolute Gasteiger partial charge is 0.417 e. The molecule has 1 heterocycles. The molecule has 0 saturated heterocycles. The minimum atomic E-state index is -4.31. The normalized spacial score (nSPS) is 12.3. The predicted octanol–water partition coefficient (Wildman–Crippen LogP) is 4.44. The van der Waals surface area contributed by atoms with Gasteiger partial charge in [-0.2, -0.15) is 13.2 Å². The smallest absolute Gasteiger partial charge is 0.347 e. The molecule has 1 nitrogen and oxygen atoms in total. The van der Waals surface area contributed by atoms with Crippen LogP contribution >= 0.6 is 15.9 Å². The van der Waals surface area contributed by atoms with E-state index in [1.165, 1.54) is 12.1 Å². The quantitative estimate of drug-likeness (QED) is 0.732. The summed E-state index contributed by atoms with van der Waals surface area (Å²) >= 11 is 3.28. The van der Waals surface area contributed by atoms with E-state index in [1.807, 2.05) is 6.92 Å². The van der Waals surface area contributed by atoms with Crippen LogP contribution in [0.15, 0.2) is 28.9 Å². The third kappa shape index (κ3) is 1.73. The summed E-state index contributed by atoms with van der Waals surface area (Å²) in [4.78, 5) is 0. The fourth-order valence-electron chi connectivity index (χ4n) is 1.79. The van der Waals surface area contributed by atoms with Crippen molar-refractivity contribution in [3.63, 3.8) is 0 Å². The number of alkyl halides is 3. The fraction of sp³-hybridized carbons (Fsp3) is 0.273. The molecule has 0 aliphatic carbocycles. The SMILES string of the molecule is CCn1ccc2c(C(F)(F)F)ccc(Br)c21. The molecule has 0 bridgehead atoms. The summed E-state index contributed by atoms with van der Waals surface area (Å²) in [5, 5.41) is 0.240. The third-order valence-electron chi connectivity index (χ3n) is 2.52. The maximum Gasteiger partial charge on any atom is 0.417 e. The van der Waals surface area contributed by atoms with Crippen molar-refractivity contribution in [2.24, 2.45) is 0 Å².